The lowest BCUT2D eigenvalue weighted by atomic mass is 10.1. The van der Waals surface area contributed by atoms with Gasteiger partial charge in [0.15, 0.2) is 0 Å². The van der Waals surface area contributed by atoms with Crippen molar-refractivity contribution in [3.8, 4) is 0 Å². The zero-order chi connectivity index (χ0) is 19.6. The lowest BCUT2D eigenvalue weighted by molar-refractivity contribution is -0.117. The average Bonchev–Trinajstić information content (AvgIpc) is 2.66. The number of carbonyl (C=O) groups is 3. The summed E-state index contributed by atoms with van der Waals surface area (Å²) in [6.07, 6.45) is 4.22. The minimum Gasteiger partial charge on any atom is -0.326 e. The minimum absolute atomic E-state index is 0.0673. The van der Waals surface area contributed by atoms with Gasteiger partial charge in [0.2, 0.25) is 5.91 Å². The first-order valence-electron chi connectivity index (χ1n) is 8.73. The van der Waals surface area contributed by atoms with Gasteiger partial charge < -0.3 is 5.32 Å². The molecule has 27 heavy (non-hydrogen) atoms. The second-order valence-corrected chi connectivity index (χ2v) is 6.06. The molecule has 0 atom stereocenters. The number of hydrazine groups is 1. The molecule has 0 aromatic heterocycles. The lowest BCUT2D eigenvalue weighted by Gasteiger charge is -2.07. The van der Waals surface area contributed by atoms with Gasteiger partial charge in [-0.15, -0.1) is 0 Å². The maximum Gasteiger partial charge on any atom is 0.269 e. The van der Waals surface area contributed by atoms with E-state index in [1.165, 1.54) is 6.08 Å². The Labute approximate surface area is 158 Å². The molecule has 0 aliphatic carbocycles. The standard InChI is InChI=1S/C21H23N3O3/c1-3-4-19(25)22-18-12-10-17(11-13-18)21(27)24-23-20(26)14-9-16-7-5-15(2)6-8-16/h5-14H,3-4H2,1-2H3,(H,22,25)(H,23,26)(H,24,27)/b14-9+. The predicted octanol–water partition coefficient (Wildman–Crippen LogP) is 3.21. The molecule has 2 aromatic rings. The summed E-state index contributed by atoms with van der Waals surface area (Å²) in [5.41, 5.74) is 7.70. The maximum atomic E-state index is 12.1. The quantitative estimate of drug-likeness (QED) is 0.543. The van der Waals surface area contributed by atoms with Crippen LogP contribution in [0.2, 0.25) is 0 Å². The number of aryl methyl sites for hydroxylation is 1. The molecule has 0 saturated carbocycles. The third kappa shape index (κ3) is 6.78. The van der Waals surface area contributed by atoms with Gasteiger partial charge in [-0.1, -0.05) is 36.8 Å². The molecule has 6 heteroatoms. The molecule has 0 unspecified atom stereocenters. The Bertz CT molecular complexity index is 825. The van der Waals surface area contributed by atoms with Gasteiger partial charge in [0, 0.05) is 23.7 Å². The Kier molecular flexibility index (Phi) is 7.31. The van der Waals surface area contributed by atoms with E-state index in [9.17, 15) is 14.4 Å². The van der Waals surface area contributed by atoms with E-state index in [1.807, 2.05) is 38.1 Å². The lowest BCUT2D eigenvalue weighted by Crippen LogP contribution is -2.40. The number of hydrogen-bond acceptors (Lipinski definition) is 3. The number of anilines is 1. The highest BCUT2D eigenvalue weighted by Gasteiger charge is 2.07. The van der Waals surface area contributed by atoms with E-state index < -0.39 is 11.8 Å². The fourth-order valence-corrected chi connectivity index (χ4v) is 2.24. The molecule has 0 heterocycles. The zero-order valence-corrected chi connectivity index (χ0v) is 15.4. The van der Waals surface area contributed by atoms with Crippen molar-refractivity contribution in [3.05, 3.63) is 71.3 Å². The van der Waals surface area contributed by atoms with Crippen molar-refractivity contribution in [2.45, 2.75) is 26.7 Å². The molecule has 0 fully saturated rings. The maximum absolute atomic E-state index is 12.1. The fourth-order valence-electron chi connectivity index (χ4n) is 2.24. The van der Waals surface area contributed by atoms with Gasteiger partial charge in [-0.2, -0.15) is 0 Å². The number of nitrogens with one attached hydrogen (secondary N) is 3. The van der Waals surface area contributed by atoms with Crippen LogP contribution < -0.4 is 16.2 Å². The molecule has 0 spiro atoms. The number of amides is 3. The monoisotopic (exact) mass is 365 g/mol. The van der Waals surface area contributed by atoms with E-state index in [0.29, 0.717) is 17.7 Å². The van der Waals surface area contributed by atoms with Crippen LogP contribution in [-0.4, -0.2) is 17.7 Å². The predicted molar refractivity (Wildman–Crippen MR) is 106 cm³/mol. The van der Waals surface area contributed by atoms with Crippen LogP contribution in [0.1, 0.15) is 41.3 Å². The summed E-state index contributed by atoms with van der Waals surface area (Å²) in [5.74, 6) is -0.951. The van der Waals surface area contributed by atoms with Crippen LogP contribution in [0.3, 0.4) is 0 Å². The van der Waals surface area contributed by atoms with Crippen LogP contribution in [0.25, 0.3) is 6.08 Å². The third-order valence-corrected chi connectivity index (χ3v) is 3.71. The van der Waals surface area contributed by atoms with Crippen LogP contribution in [0.15, 0.2) is 54.6 Å². The largest absolute Gasteiger partial charge is 0.326 e. The summed E-state index contributed by atoms with van der Waals surface area (Å²) in [6.45, 7) is 3.92. The van der Waals surface area contributed by atoms with Crippen molar-refractivity contribution in [1.29, 1.82) is 0 Å². The van der Waals surface area contributed by atoms with E-state index in [1.54, 1.807) is 30.3 Å². The highest BCUT2D eigenvalue weighted by molar-refractivity contribution is 5.98. The molecule has 0 aliphatic heterocycles. The Balaban J connectivity index is 1.83. The van der Waals surface area contributed by atoms with Gasteiger partial charge >= 0.3 is 0 Å². The molecule has 140 valence electrons. The normalized spacial score (nSPS) is 10.4. The van der Waals surface area contributed by atoms with Gasteiger partial charge in [-0.05, 0) is 49.2 Å². The van der Waals surface area contributed by atoms with Crippen molar-refractivity contribution in [2.75, 3.05) is 5.32 Å². The Morgan fingerprint density at radius 1 is 0.926 bits per heavy atom. The fraction of sp³-hybridized carbons (Fsp3) is 0.190. The van der Waals surface area contributed by atoms with E-state index in [4.69, 9.17) is 0 Å². The van der Waals surface area contributed by atoms with Gasteiger partial charge in [-0.3, -0.25) is 25.2 Å². The molecule has 0 aliphatic rings. The first-order valence-corrected chi connectivity index (χ1v) is 8.73. The summed E-state index contributed by atoms with van der Waals surface area (Å²) in [6, 6.07) is 14.1. The molecule has 3 N–H and O–H groups in total. The summed E-state index contributed by atoms with van der Waals surface area (Å²) in [5, 5.41) is 2.75. The topological polar surface area (TPSA) is 87.3 Å². The van der Waals surface area contributed by atoms with Crippen molar-refractivity contribution in [3.63, 3.8) is 0 Å². The van der Waals surface area contributed by atoms with Crippen LogP contribution in [0, 0.1) is 6.92 Å². The average molecular weight is 365 g/mol. The molecule has 0 bridgehead atoms. The van der Waals surface area contributed by atoms with Gasteiger partial charge in [0.05, 0.1) is 0 Å². The number of carbonyl (C=O) groups excluding carboxylic acids is 3. The SMILES string of the molecule is CCCC(=O)Nc1ccc(C(=O)NNC(=O)/C=C/c2ccc(C)cc2)cc1. The third-order valence-electron chi connectivity index (χ3n) is 3.71. The van der Waals surface area contributed by atoms with Crippen molar-refractivity contribution in [2.24, 2.45) is 0 Å². The first-order chi connectivity index (χ1) is 13.0. The molecule has 2 rings (SSSR count). The number of hydrogen-bond donors (Lipinski definition) is 3. The smallest absolute Gasteiger partial charge is 0.269 e. The Hall–Kier alpha value is -3.41. The molecule has 3 amide bonds. The van der Waals surface area contributed by atoms with Gasteiger partial charge in [0.1, 0.15) is 0 Å². The van der Waals surface area contributed by atoms with Crippen LogP contribution in [-0.2, 0) is 9.59 Å². The van der Waals surface area contributed by atoms with Crippen LogP contribution in [0.5, 0.6) is 0 Å². The second-order valence-electron chi connectivity index (χ2n) is 6.06. The molecule has 2 aromatic carbocycles. The van der Waals surface area contributed by atoms with Crippen molar-refractivity contribution >= 4 is 29.5 Å². The molecule has 0 saturated heterocycles. The van der Waals surface area contributed by atoms with E-state index >= 15 is 0 Å². The Morgan fingerprint density at radius 3 is 2.22 bits per heavy atom. The number of benzene rings is 2. The van der Waals surface area contributed by atoms with Gasteiger partial charge in [0.25, 0.3) is 11.8 Å². The van der Waals surface area contributed by atoms with Crippen molar-refractivity contribution < 1.29 is 14.4 Å². The summed E-state index contributed by atoms with van der Waals surface area (Å²) >= 11 is 0. The highest BCUT2D eigenvalue weighted by Crippen LogP contribution is 2.10. The molecule has 0 radical (unpaired) electrons. The van der Waals surface area contributed by atoms with E-state index in [0.717, 1.165) is 17.5 Å². The Morgan fingerprint density at radius 2 is 1.59 bits per heavy atom. The summed E-state index contributed by atoms with van der Waals surface area (Å²) < 4.78 is 0. The molecular formula is C21H23N3O3. The second kappa shape index (κ2) is 9.91. The summed E-state index contributed by atoms with van der Waals surface area (Å²) in [7, 11) is 0. The highest BCUT2D eigenvalue weighted by atomic mass is 16.2. The van der Waals surface area contributed by atoms with Crippen molar-refractivity contribution in [1.82, 2.24) is 10.9 Å². The van der Waals surface area contributed by atoms with Gasteiger partial charge in [-0.25, -0.2) is 0 Å². The van der Waals surface area contributed by atoms with Crippen LogP contribution >= 0.6 is 0 Å². The van der Waals surface area contributed by atoms with E-state index in [2.05, 4.69) is 16.2 Å². The minimum atomic E-state index is -0.446. The number of rotatable bonds is 6. The van der Waals surface area contributed by atoms with Crippen LogP contribution in [0.4, 0.5) is 5.69 Å². The zero-order valence-electron chi connectivity index (χ0n) is 15.4. The molecular weight excluding hydrogens is 342 g/mol. The molecule has 6 nitrogen and oxygen atoms in total. The van der Waals surface area contributed by atoms with E-state index in [-0.39, 0.29) is 5.91 Å². The summed E-state index contributed by atoms with van der Waals surface area (Å²) in [4.78, 5) is 35.4. The first kappa shape index (κ1) is 19.9.